The van der Waals surface area contributed by atoms with Crippen LogP contribution in [-0.2, 0) is 20.7 Å². The molecule has 2 atom stereocenters. The molecule has 2 aliphatic carbocycles. The van der Waals surface area contributed by atoms with Gasteiger partial charge in [0.15, 0.2) is 5.82 Å². The lowest BCUT2D eigenvalue weighted by Gasteiger charge is -2.54. The number of aromatic hydroxyl groups is 1. The summed E-state index contributed by atoms with van der Waals surface area (Å²) in [5.41, 5.74) is 3.53. The number of piperidine rings is 3. The molecule has 384 valence electrons. The van der Waals surface area contributed by atoms with Gasteiger partial charge in [-0.05, 0) is 141 Å². The summed E-state index contributed by atoms with van der Waals surface area (Å²) >= 11 is 0. The predicted molar refractivity (Wildman–Crippen MR) is 277 cm³/mol. The Morgan fingerprint density at radius 1 is 0.945 bits per heavy atom. The number of piperazine rings is 1. The second-order valence-electron chi connectivity index (χ2n) is 22.5. The van der Waals surface area contributed by atoms with E-state index in [9.17, 15) is 14.7 Å². The quantitative estimate of drug-likeness (QED) is 0.0627. The summed E-state index contributed by atoms with van der Waals surface area (Å²) in [7, 11) is 0. The molecule has 7 aliphatic rings. The van der Waals surface area contributed by atoms with Gasteiger partial charge in [-0.2, -0.15) is 9.97 Å². The number of aryl methyl sites for hydroxylation is 1. The van der Waals surface area contributed by atoms with E-state index < -0.39 is 11.9 Å². The molecule has 2 aromatic heterocycles. The Hall–Kier alpha value is -6.04. The molecule has 7 fully saturated rings. The molecule has 17 heteroatoms. The fraction of sp³-hybridized carbons (Fsp3) is 0.536. The standard InChI is InChI=1S/C56H66F2N10O5/c1-2-40-43(57)6-4-36-25-39(69)26-41(47(36)40)49-48(58)50-42(30-60-49)51(68-16-3-10-56(33-68)15-23-73-56)64-53(63-50)72-34-55(11-12-55)32-66-17-13-54(14-18-66)27-35(28-54)31-65-19-21-67(22-20-65)38-5-7-44(37(24-38)29-59)61-45-8-9-46(70)62-52(45)71/h4-7,24-26,29-30,35,45,59,61,69H,2-3,8-23,27-28,31-34H2,1H3,(H,62,70,71)/t45?,56-/m0/s1. The molecule has 2 amide bonds. The number of hydrogen-bond acceptors (Lipinski definition) is 14. The molecule has 2 saturated carbocycles. The third-order valence-electron chi connectivity index (χ3n) is 17.6. The van der Waals surface area contributed by atoms with Gasteiger partial charge in [0, 0.05) is 106 Å². The van der Waals surface area contributed by atoms with Crippen molar-refractivity contribution in [3.05, 3.63) is 71.4 Å². The molecule has 1 unspecified atom stereocenters. The van der Waals surface area contributed by atoms with Crippen LogP contribution in [0.5, 0.6) is 11.8 Å². The molecular weight excluding hydrogens is 931 g/mol. The van der Waals surface area contributed by atoms with Crippen LogP contribution >= 0.6 is 0 Å². The van der Waals surface area contributed by atoms with Crippen molar-refractivity contribution in [1.29, 1.82) is 5.41 Å². The van der Waals surface area contributed by atoms with E-state index in [-0.39, 0.29) is 51.6 Å². The highest BCUT2D eigenvalue weighted by molar-refractivity contribution is 6.03. The molecular formula is C56H66F2N10O5. The van der Waals surface area contributed by atoms with Crippen molar-refractivity contribution in [1.82, 2.24) is 30.1 Å². The van der Waals surface area contributed by atoms with Crippen LogP contribution in [0.2, 0.25) is 0 Å². The maximum atomic E-state index is 17.3. The van der Waals surface area contributed by atoms with Crippen LogP contribution in [0.15, 0.2) is 48.7 Å². The number of fused-ring (bicyclic) bond motifs is 2. The molecule has 15 nitrogen and oxygen atoms in total. The van der Waals surface area contributed by atoms with E-state index in [4.69, 9.17) is 24.9 Å². The maximum absolute atomic E-state index is 17.3. The van der Waals surface area contributed by atoms with Gasteiger partial charge < -0.3 is 40.0 Å². The second-order valence-corrected chi connectivity index (χ2v) is 22.5. The first-order valence-corrected chi connectivity index (χ1v) is 26.7. The van der Waals surface area contributed by atoms with E-state index >= 15 is 8.78 Å². The Morgan fingerprint density at radius 3 is 2.48 bits per heavy atom. The first kappa shape index (κ1) is 47.9. The number of hydrogen-bond donors (Lipinski definition) is 4. The number of phenolic OH excluding ortho intramolecular Hbond substituents is 1. The number of pyridine rings is 1. The van der Waals surface area contributed by atoms with Crippen molar-refractivity contribution in [3.63, 3.8) is 0 Å². The highest BCUT2D eigenvalue weighted by atomic mass is 19.1. The number of anilines is 3. The van der Waals surface area contributed by atoms with Crippen molar-refractivity contribution in [2.75, 3.05) is 93.8 Å². The minimum atomic E-state index is -0.666. The lowest BCUT2D eigenvalue weighted by molar-refractivity contribution is -0.151. The zero-order chi connectivity index (χ0) is 50.1. The fourth-order valence-electron chi connectivity index (χ4n) is 13.2. The van der Waals surface area contributed by atoms with Crippen LogP contribution in [0.25, 0.3) is 32.9 Å². The Kier molecular flexibility index (Phi) is 12.5. The number of amides is 2. The molecule has 5 aromatic rings. The number of imide groups is 1. The van der Waals surface area contributed by atoms with E-state index in [1.807, 2.05) is 19.1 Å². The summed E-state index contributed by atoms with van der Waals surface area (Å²) in [4.78, 5) is 48.2. The zero-order valence-electron chi connectivity index (χ0n) is 41.8. The summed E-state index contributed by atoms with van der Waals surface area (Å²) in [5.74, 6) is -0.387. The number of carbonyl (C=O) groups is 2. The van der Waals surface area contributed by atoms with Crippen molar-refractivity contribution < 1.29 is 33.0 Å². The van der Waals surface area contributed by atoms with Crippen LogP contribution < -0.4 is 25.2 Å². The normalized spacial score (nSPS) is 24.2. The molecule has 12 rings (SSSR count). The zero-order valence-corrected chi connectivity index (χ0v) is 41.8. The Balaban J connectivity index is 0.668. The van der Waals surface area contributed by atoms with Crippen LogP contribution in [-0.4, -0.2) is 138 Å². The summed E-state index contributed by atoms with van der Waals surface area (Å²) in [6.07, 6.45) is 14.0. The molecule has 4 N–H and O–H groups in total. The number of halogens is 2. The maximum Gasteiger partial charge on any atom is 0.319 e. The van der Waals surface area contributed by atoms with E-state index in [1.165, 1.54) is 44.0 Å². The van der Waals surface area contributed by atoms with Gasteiger partial charge in [0.05, 0.1) is 24.2 Å². The summed E-state index contributed by atoms with van der Waals surface area (Å²) in [6, 6.07) is 11.7. The largest absolute Gasteiger partial charge is 0.508 e. The number of aromatic nitrogens is 3. The third kappa shape index (κ3) is 9.34. The summed E-state index contributed by atoms with van der Waals surface area (Å²) < 4.78 is 45.2. The van der Waals surface area contributed by atoms with Crippen molar-refractivity contribution >= 4 is 56.9 Å². The van der Waals surface area contributed by atoms with Gasteiger partial charge in [0.25, 0.3) is 0 Å². The van der Waals surface area contributed by atoms with Gasteiger partial charge >= 0.3 is 6.01 Å². The number of likely N-dealkylation sites (tertiary alicyclic amines) is 1. The van der Waals surface area contributed by atoms with Crippen molar-refractivity contribution in [3.8, 4) is 23.0 Å². The second kappa shape index (κ2) is 19.0. The number of carbonyl (C=O) groups excluding carboxylic acids is 2. The molecule has 7 heterocycles. The summed E-state index contributed by atoms with van der Waals surface area (Å²) in [5, 5.41) is 26.1. The van der Waals surface area contributed by atoms with Gasteiger partial charge in [0.1, 0.15) is 34.6 Å². The van der Waals surface area contributed by atoms with Gasteiger partial charge in [-0.25, -0.2) is 8.78 Å². The van der Waals surface area contributed by atoms with Crippen LogP contribution in [0.3, 0.4) is 0 Å². The lowest BCUT2D eigenvalue weighted by atomic mass is 9.57. The number of phenols is 1. The van der Waals surface area contributed by atoms with Crippen LogP contribution in [0, 0.1) is 33.8 Å². The Labute approximate surface area is 424 Å². The highest BCUT2D eigenvalue weighted by Gasteiger charge is 2.50. The van der Waals surface area contributed by atoms with E-state index in [2.05, 4.69) is 41.3 Å². The molecule has 2 spiro atoms. The Morgan fingerprint density at radius 2 is 1.75 bits per heavy atom. The predicted octanol–water partition coefficient (Wildman–Crippen LogP) is 7.84. The first-order chi connectivity index (χ1) is 35.4. The van der Waals surface area contributed by atoms with E-state index in [0.29, 0.717) is 70.9 Å². The lowest BCUT2D eigenvalue weighted by Crippen LogP contribution is -2.56. The van der Waals surface area contributed by atoms with Gasteiger partial charge in [0.2, 0.25) is 11.8 Å². The van der Waals surface area contributed by atoms with Gasteiger partial charge in [-0.15, -0.1) is 0 Å². The minimum absolute atomic E-state index is 0.0117. The molecule has 0 radical (unpaired) electrons. The fourth-order valence-corrected chi connectivity index (χ4v) is 13.2. The molecule has 5 saturated heterocycles. The molecule has 5 aliphatic heterocycles. The number of nitrogens with zero attached hydrogens (tertiary/aromatic N) is 7. The molecule has 73 heavy (non-hydrogen) atoms. The minimum Gasteiger partial charge on any atom is -0.508 e. The van der Waals surface area contributed by atoms with Gasteiger partial charge in [-0.1, -0.05) is 13.0 Å². The average Bonchev–Trinajstić information content (AvgIpc) is 4.15. The van der Waals surface area contributed by atoms with Crippen molar-refractivity contribution in [2.45, 2.75) is 95.6 Å². The first-order valence-electron chi connectivity index (χ1n) is 26.7. The topological polar surface area (TPSA) is 172 Å². The van der Waals surface area contributed by atoms with Crippen molar-refractivity contribution in [2.24, 2.45) is 16.7 Å². The Bertz CT molecular complexity index is 2980. The summed E-state index contributed by atoms with van der Waals surface area (Å²) in [6.45, 7) is 12.5. The number of benzene rings is 3. The van der Waals surface area contributed by atoms with E-state index in [1.54, 1.807) is 18.3 Å². The van der Waals surface area contributed by atoms with E-state index in [0.717, 1.165) is 120 Å². The number of rotatable bonds is 14. The molecule has 3 aromatic carbocycles. The van der Waals surface area contributed by atoms with Gasteiger partial charge in [-0.3, -0.25) is 24.8 Å². The third-order valence-corrected chi connectivity index (χ3v) is 17.6. The highest BCUT2D eigenvalue weighted by Crippen LogP contribution is 2.54. The SMILES string of the molecule is CCc1c(F)ccc2cc(O)cc(-c3ncc4c(N5CCC[C@]6(CCO6)C5)nc(OCC5(CN6CCC7(CC6)CC(CN6CCN(c8ccc(NC9CCC(=O)NC9=O)c(C=N)c8)CC6)C7)CC5)nc4c3F)c12. The smallest absolute Gasteiger partial charge is 0.319 e. The monoisotopic (exact) mass is 997 g/mol. The average molecular weight is 997 g/mol. The van der Waals surface area contributed by atoms with Crippen LogP contribution in [0.4, 0.5) is 26.0 Å². The number of ether oxygens (including phenoxy) is 2. The number of nitrogens with one attached hydrogen (secondary N) is 3. The molecule has 0 bridgehead atoms. The van der Waals surface area contributed by atoms with Crippen LogP contribution in [0.1, 0.15) is 88.7 Å².